The lowest BCUT2D eigenvalue weighted by atomic mass is 10.0. The van der Waals surface area contributed by atoms with E-state index in [1.165, 1.54) is 199 Å². The summed E-state index contributed by atoms with van der Waals surface area (Å²) >= 11 is 0. The first-order chi connectivity index (χ1) is 30.0. The monoisotopic (exact) mass is 861 g/mol. The van der Waals surface area contributed by atoms with Crippen LogP contribution in [0.5, 0.6) is 0 Å². The van der Waals surface area contributed by atoms with Crippen molar-refractivity contribution in [2.75, 3.05) is 13.2 Å². The number of esters is 3. The Morgan fingerprint density at radius 1 is 0.311 bits per heavy atom. The molecule has 0 amide bonds. The molecule has 0 aromatic rings. The molecule has 0 heterocycles. The second kappa shape index (κ2) is 50.8. The van der Waals surface area contributed by atoms with E-state index in [2.05, 4.69) is 32.9 Å². The summed E-state index contributed by atoms with van der Waals surface area (Å²) in [7, 11) is 0. The van der Waals surface area contributed by atoms with Crippen molar-refractivity contribution in [3.05, 3.63) is 12.2 Å². The molecule has 0 rings (SSSR count). The molecule has 0 fully saturated rings. The van der Waals surface area contributed by atoms with E-state index in [9.17, 15) is 14.4 Å². The SMILES string of the molecule is CCCCCCCCC=CCCCCCCCC(=O)OC(COC(=O)CCCCCCCCCCCCCCCC)COC(=O)CCCCCCCCCCCCCCCC. The zero-order valence-electron chi connectivity index (χ0n) is 41.2. The molecule has 0 saturated carbocycles. The minimum Gasteiger partial charge on any atom is -0.462 e. The Morgan fingerprint density at radius 2 is 0.541 bits per heavy atom. The van der Waals surface area contributed by atoms with Gasteiger partial charge in [-0.05, 0) is 44.9 Å². The van der Waals surface area contributed by atoms with Gasteiger partial charge in [-0.25, -0.2) is 0 Å². The number of ether oxygens (including phenoxy) is 3. The third kappa shape index (κ3) is 49.0. The molecule has 6 nitrogen and oxygen atoms in total. The lowest BCUT2D eigenvalue weighted by Gasteiger charge is -2.18. The number of carbonyl (C=O) groups is 3. The van der Waals surface area contributed by atoms with Crippen molar-refractivity contribution < 1.29 is 28.6 Å². The summed E-state index contributed by atoms with van der Waals surface area (Å²) in [5.41, 5.74) is 0. The summed E-state index contributed by atoms with van der Waals surface area (Å²) in [5, 5.41) is 0. The molecule has 0 aliphatic heterocycles. The van der Waals surface area contributed by atoms with Gasteiger partial charge in [0.15, 0.2) is 6.10 Å². The Bertz CT molecular complexity index is 899. The highest BCUT2D eigenvalue weighted by Gasteiger charge is 2.19. The third-order valence-electron chi connectivity index (χ3n) is 12.3. The van der Waals surface area contributed by atoms with Gasteiger partial charge in [0.2, 0.25) is 0 Å². The molecule has 0 aromatic carbocycles. The molecule has 0 spiro atoms. The van der Waals surface area contributed by atoms with Crippen LogP contribution in [0, 0.1) is 0 Å². The average Bonchev–Trinajstić information content (AvgIpc) is 3.26. The van der Waals surface area contributed by atoms with Crippen LogP contribution in [-0.2, 0) is 28.6 Å². The fraction of sp³-hybridized carbons (Fsp3) is 0.909. The predicted molar refractivity (Wildman–Crippen MR) is 261 cm³/mol. The van der Waals surface area contributed by atoms with Gasteiger partial charge in [-0.2, -0.15) is 0 Å². The van der Waals surface area contributed by atoms with Gasteiger partial charge < -0.3 is 14.2 Å². The number of allylic oxidation sites excluding steroid dienone is 2. The summed E-state index contributed by atoms with van der Waals surface area (Å²) < 4.78 is 16.8. The van der Waals surface area contributed by atoms with Crippen molar-refractivity contribution in [2.45, 2.75) is 309 Å². The Morgan fingerprint density at radius 3 is 0.820 bits per heavy atom. The first-order valence-electron chi connectivity index (χ1n) is 27.2. The van der Waals surface area contributed by atoms with E-state index in [-0.39, 0.29) is 31.1 Å². The van der Waals surface area contributed by atoms with Crippen molar-refractivity contribution in [3.63, 3.8) is 0 Å². The predicted octanol–water partition coefficient (Wildman–Crippen LogP) is 17.8. The van der Waals surface area contributed by atoms with E-state index in [0.717, 1.165) is 64.2 Å². The second-order valence-electron chi connectivity index (χ2n) is 18.5. The quantitative estimate of drug-likeness (QED) is 0.0262. The molecule has 0 saturated heterocycles. The molecule has 0 unspecified atom stereocenters. The van der Waals surface area contributed by atoms with E-state index in [1.807, 2.05) is 0 Å². The fourth-order valence-electron chi connectivity index (χ4n) is 8.14. The van der Waals surface area contributed by atoms with Crippen LogP contribution < -0.4 is 0 Å². The Kier molecular flexibility index (Phi) is 49.3. The molecule has 0 aliphatic carbocycles. The van der Waals surface area contributed by atoms with Gasteiger partial charge in [0.1, 0.15) is 13.2 Å². The lowest BCUT2D eigenvalue weighted by Crippen LogP contribution is -2.30. The molecule has 0 N–H and O–H groups in total. The van der Waals surface area contributed by atoms with Gasteiger partial charge in [-0.3, -0.25) is 14.4 Å². The van der Waals surface area contributed by atoms with Gasteiger partial charge in [0.05, 0.1) is 0 Å². The van der Waals surface area contributed by atoms with Crippen LogP contribution in [0.15, 0.2) is 12.2 Å². The summed E-state index contributed by atoms with van der Waals surface area (Å²) in [6, 6.07) is 0. The lowest BCUT2D eigenvalue weighted by molar-refractivity contribution is -0.167. The first kappa shape index (κ1) is 59.1. The number of carbonyl (C=O) groups excluding carboxylic acids is 3. The van der Waals surface area contributed by atoms with Gasteiger partial charge in [-0.1, -0.05) is 251 Å². The fourth-order valence-corrected chi connectivity index (χ4v) is 8.14. The smallest absolute Gasteiger partial charge is 0.306 e. The minimum atomic E-state index is -0.767. The van der Waals surface area contributed by atoms with Crippen LogP contribution >= 0.6 is 0 Å². The normalized spacial score (nSPS) is 11.5. The van der Waals surface area contributed by atoms with Crippen molar-refractivity contribution in [2.24, 2.45) is 0 Å². The molecular weight excluding hydrogens is 757 g/mol. The van der Waals surface area contributed by atoms with E-state index in [1.54, 1.807) is 0 Å². The van der Waals surface area contributed by atoms with Gasteiger partial charge in [-0.15, -0.1) is 0 Å². The minimum absolute atomic E-state index is 0.0678. The number of hydrogen-bond acceptors (Lipinski definition) is 6. The maximum Gasteiger partial charge on any atom is 0.306 e. The van der Waals surface area contributed by atoms with Crippen molar-refractivity contribution >= 4 is 17.9 Å². The van der Waals surface area contributed by atoms with E-state index in [4.69, 9.17) is 14.2 Å². The van der Waals surface area contributed by atoms with Crippen LogP contribution in [0.3, 0.4) is 0 Å². The molecule has 0 radical (unpaired) electrons. The number of hydrogen-bond donors (Lipinski definition) is 0. The molecule has 61 heavy (non-hydrogen) atoms. The van der Waals surface area contributed by atoms with Crippen molar-refractivity contribution in [3.8, 4) is 0 Å². The van der Waals surface area contributed by atoms with E-state index in [0.29, 0.717) is 19.3 Å². The van der Waals surface area contributed by atoms with Crippen LogP contribution in [-0.4, -0.2) is 37.2 Å². The van der Waals surface area contributed by atoms with Gasteiger partial charge in [0, 0.05) is 19.3 Å². The highest BCUT2D eigenvalue weighted by molar-refractivity contribution is 5.71. The van der Waals surface area contributed by atoms with Crippen LogP contribution in [0.1, 0.15) is 303 Å². The molecule has 360 valence electrons. The Balaban J connectivity index is 4.34. The maximum absolute atomic E-state index is 12.8. The molecule has 6 heteroatoms. The van der Waals surface area contributed by atoms with Gasteiger partial charge in [0.25, 0.3) is 0 Å². The largest absolute Gasteiger partial charge is 0.462 e. The maximum atomic E-state index is 12.8. The molecular formula is C55H104O6. The highest BCUT2D eigenvalue weighted by Crippen LogP contribution is 2.16. The first-order valence-corrected chi connectivity index (χ1v) is 27.2. The van der Waals surface area contributed by atoms with Crippen molar-refractivity contribution in [1.82, 2.24) is 0 Å². The summed E-state index contributed by atoms with van der Waals surface area (Å²) in [6.07, 6.45) is 56.2. The number of unbranched alkanes of at least 4 members (excludes halogenated alkanes) is 37. The molecule has 0 aromatic heterocycles. The van der Waals surface area contributed by atoms with E-state index >= 15 is 0 Å². The van der Waals surface area contributed by atoms with Gasteiger partial charge >= 0.3 is 17.9 Å². The Hall–Kier alpha value is -1.85. The summed E-state index contributed by atoms with van der Waals surface area (Å²) in [6.45, 7) is 6.67. The number of rotatable bonds is 50. The zero-order chi connectivity index (χ0) is 44.4. The third-order valence-corrected chi connectivity index (χ3v) is 12.3. The highest BCUT2D eigenvalue weighted by atomic mass is 16.6. The average molecular weight is 861 g/mol. The molecule has 0 aliphatic rings. The standard InChI is InChI=1S/C55H104O6/c1-4-7-10-13-16-19-22-25-28-31-34-37-40-43-46-49-55(58)61-52(50-59-53(56)47-44-41-38-35-32-29-26-23-20-17-14-11-8-5-2)51-60-54(57)48-45-42-39-36-33-30-27-24-21-18-15-12-9-6-3/h25,28,52H,4-24,26-27,29-51H2,1-3H3. The van der Waals surface area contributed by atoms with Crippen LogP contribution in [0.4, 0.5) is 0 Å². The summed E-state index contributed by atoms with van der Waals surface area (Å²) in [5.74, 6) is -0.856. The molecule has 0 atom stereocenters. The van der Waals surface area contributed by atoms with Crippen LogP contribution in [0.2, 0.25) is 0 Å². The second-order valence-corrected chi connectivity index (χ2v) is 18.5. The Labute approximate surface area is 380 Å². The topological polar surface area (TPSA) is 78.9 Å². The van der Waals surface area contributed by atoms with Crippen LogP contribution in [0.25, 0.3) is 0 Å². The molecule has 0 bridgehead atoms. The summed E-state index contributed by atoms with van der Waals surface area (Å²) in [4.78, 5) is 38.0. The van der Waals surface area contributed by atoms with E-state index < -0.39 is 6.10 Å². The zero-order valence-corrected chi connectivity index (χ0v) is 41.2. The van der Waals surface area contributed by atoms with Crippen molar-refractivity contribution in [1.29, 1.82) is 0 Å².